The summed E-state index contributed by atoms with van der Waals surface area (Å²) in [7, 11) is 0. The molecule has 5 heteroatoms. The first-order valence-corrected chi connectivity index (χ1v) is 9.66. The molecular weight excluding hydrogens is 314 g/mol. The Morgan fingerprint density at radius 3 is 2.96 bits per heavy atom. The Balaban J connectivity index is 1.34. The Morgan fingerprint density at radius 2 is 2.20 bits per heavy atom. The number of hydrogen-bond donors (Lipinski definition) is 2. The van der Waals surface area contributed by atoms with E-state index in [9.17, 15) is 0 Å². The van der Waals surface area contributed by atoms with Crippen molar-refractivity contribution in [2.75, 3.05) is 32.9 Å². The van der Waals surface area contributed by atoms with Crippen LogP contribution in [0.1, 0.15) is 44.1 Å². The Labute approximate surface area is 151 Å². The third kappa shape index (κ3) is 6.01. The molecule has 2 aliphatic rings. The highest BCUT2D eigenvalue weighted by Gasteiger charge is 2.38. The molecule has 0 spiro atoms. The highest BCUT2D eigenvalue weighted by Crippen LogP contribution is 2.40. The molecule has 0 bridgehead atoms. The number of nitrogens with one attached hydrogen (secondary N) is 2. The predicted molar refractivity (Wildman–Crippen MR) is 101 cm³/mol. The monoisotopic (exact) mass is 345 g/mol. The lowest BCUT2D eigenvalue weighted by Crippen LogP contribution is -2.39. The molecule has 1 aliphatic carbocycles. The maximum absolute atomic E-state index is 5.69. The maximum Gasteiger partial charge on any atom is 0.191 e. The fourth-order valence-corrected chi connectivity index (χ4v) is 3.27. The largest absolute Gasteiger partial charge is 0.379 e. The zero-order valence-corrected chi connectivity index (χ0v) is 15.2. The molecule has 1 aromatic rings. The van der Waals surface area contributed by atoms with E-state index in [0.29, 0.717) is 18.1 Å². The van der Waals surface area contributed by atoms with Gasteiger partial charge in [-0.25, -0.2) is 0 Å². The average Bonchev–Trinajstić information content (AvgIpc) is 3.20. The van der Waals surface area contributed by atoms with Gasteiger partial charge in [-0.05, 0) is 38.2 Å². The fourth-order valence-electron chi connectivity index (χ4n) is 3.27. The topological polar surface area (TPSA) is 54.9 Å². The number of aliphatic imine (C=N–C) groups is 1. The normalized spacial score (nSPS) is 25.8. The molecule has 2 fully saturated rings. The van der Waals surface area contributed by atoms with Gasteiger partial charge in [-0.15, -0.1) is 0 Å². The summed E-state index contributed by atoms with van der Waals surface area (Å²) in [4.78, 5) is 4.67. The molecule has 5 nitrogen and oxygen atoms in total. The SMILES string of the molecule is CCNC(=NCCCOCC1CCCO1)NC1CC1c1ccccc1. The molecule has 1 heterocycles. The van der Waals surface area contributed by atoms with Gasteiger partial charge in [0.1, 0.15) is 0 Å². The highest BCUT2D eigenvalue weighted by molar-refractivity contribution is 5.80. The fraction of sp³-hybridized carbons (Fsp3) is 0.650. The van der Waals surface area contributed by atoms with E-state index >= 15 is 0 Å². The Kier molecular flexibility index (Phi) is 7.12. The summed E-state index contributed by atoms with van der Waals surface area (Å²) in [6.07, 6.45) is 4.74. The van der Waals surface area contributed by atoms with Crippen molar-refractivity contribution in [3.05, 3.63) is 35.9 Å². The van der Waals surface area contributed by atoms with E-state index in [-0.39, 0.29) is 0 Å². The van der Waals surface area contributed by atoms with Crippen molar-refractivity contribution in [1.82, 2.24) is 10.6 Å². The van der Waals surface area contributed by atoms with Crippen LogP contribution in [-0.2, 0) is 9.47 Å². The molecule has 3 rings (SSSR count). The van der Waals surface area contributed by atoms with Crippen LogP contribution < -0.4 is 10.6 Å². The molecule has 1 aromatic carbocycles. The summed E-state index contributed by atoms with van der Waals surface area (Å²) in [5.74, 6) is 1.53. The minimum absolute atomic E-state index is 0.312. The van der Waals surface area contributed by atoms with Crippen molar-refractivity contribution < 1.29 is 9.47 Å². The minimum Gasteiger partial charge on any atom is -0.379 e. The first-order valence-electron chi connectivity index (χ1n) is 9.66. The molecule has 138 valence electrons. The van der Waals surface area contributed by atoms with Crippen LogP contribution in [-0.4, -0.2) is 51.0 Å². The van der Waals surface area contributed by atoms with Crippen LogP contribution in [0.4, 0.5) is 0 Å². The van der Waals surface area contributed by atoms with E-state index in [1.54, 1.807) is 0 Å². The molecular formula is C20H31N3O2. The Morgan fingerprint density at radius 1 is 1.32 bits per heavy atom. The van der Waals surface area contributed by atoms with Crippen LogP contribution in [0.2, 0.25) is 0 Å². The lowest BCUT2D eigenvalue weighted by Gasteiger charge is -2.12. The first kappa shape index (κ1) is 18.2. The van der Waals surface area contributed by atoms with E-state index in [4.69, 9.17) is 9.47 Å². The molecule has 25 heavy (non-hydrogen) atoms. The number of ether oxygens (including phenoxy) is 2. The molecule has 1 saturated carbocycles. The van der Waals surface area contributed by atoms with Gasteiger partial charge in [-0.3, -0.25) is 4.99 Å². The van der Waals surface area contributed by atoms with Gasteiger partial charge < -0.3 is 20.1 Å². The second-order valence-corrected chi connectivity index (χ2v) is 6.83. The van der Waals surface area contributed by atoms with E-state index < -0.39 is 0 Å². The van der Waals surface area contributed by atoms with E-state index in [2.05, 4.69) is 52.9 Å². The molecule has 1 saturated heterocycles. The standard InChI is InChI=1S/C20H31N3O2/c1-2-21-20(22-11-7-12-24-15-17-10-6-13-25-17)23-19-14-18(19)16-8-4-3-5-9-16/h3-5,8-9,17-19H,2,6-7,10-15H2,1H3,(H2,21,22,23). The number of rotatable bonds is 9. The van der Waals surface area contributed by atoms with Gasteiger partial charge in [-0.1, -0.05) is 30.3 Å². The van der Waals surface area contributed by atoms with E-state index in [1.807, 2.05) is 0 Å². The summed E-state index contributed by atoms with van der Waals surface area (Å²) in [5, 5.41) is 6.89. The van der Waals surface area contributed by atoms with Crippen molar-refractivity contribution in [2.24, 2.45) is 4.99 Å². The third-order valence-corrected chi connectivity index (χ3v) is 4.73. The summed E-state index contributed by atoms with van der Waals surface area (Å²) in [6, 6.07) is 11.2. The van der Waals surface area contributed by atoms with Crippen LogP contribution in [0.15, 0.2) is 35.3 Å². The summed E-state index contributed by atoms with van der Waals surface area (Å²) in [6.45, 7) is 6.13. The molecule has 3 atom stereocenters. The van der Waals surface area contributed by atoms with Crippen molar-refractivity contribution in [2.45, 2.75) is 50.7 Å². The predicted octanol–water partition coefficient (Wildman–Crippen LogP) is 2.68. The van der Waals surface area contributed by atoms with Gasteiger partial charge in [0.2, 0.25) is 0 Å². The van der Waals surface area contributed by atoms with Gasteiger partial charge in [-0.2, -0.15) is 0 Å². The molecule has 0 radical (unpaired) electrons. The molecule has 0 aromatic heterocycles. The van der Waals surface area contributed by atoms with Crippen molar-refractivity contribution in [1.29, 1.82) is 0 Å². The van der Waals surface area contributed by atoms with Gasteiger partial charge in [0.05, 0.1) is 12.7 Å². The van der Waals surface area contributed by atoms with E-state index in [1.165, 1.54) is 18.4 Å². The highest BCUT2D eigenvalue weighted by atomic mass is 16.5. The van der Waals surface area contributed by atoms with Crippen molar-refractivity contribution in [3.63, 3.8) is 0 Å². The second-order valence-electron chi connectivity index (χ2n) is 6.83. The molecule has 0 amide bonds. The van der Waals surface area contributed by atoms with Crippen LogP contribution in [0.5, 0.6) is 0 Å². The lowest BCUT2D eigenvalue weighted by molar-refractivity contribution is 0.0171. The Bertz CT molecular complexity index is 529. The quantitative estimate of drug-likeness (QED) is 0.410. The second kappa shape index (κ2) is 9.78. The van der Waals surface area contributed by atoms with Crippen LogP contribution in [0, 0.1) is 0 Å². The number of guanidine groups is 1. The van der Waals surface area contributed by atoms with E-state index in [0.717, 1.165) is 51.7 Å². The van der Waals surface area contributed by atoms with Gasteiger partial charge >= 0.3 is 0 Å². The summed E-state index contributed by atoms with van der Waals surface area (Å²) < 4.78 is 11.2. The third-order valence-electron chi connectivity index (χ3n) is 4.73. The van der Waals surface area contributed by atoms with Crippen molar-refractivity contribution in [3.8, 4) is 0 Å². The zero-order chi connectivity index (χ0) is 17.3. The maximum atomic E-state index is 5.69. The average molecular weight is 345 g/mol. The first-order chi connectivity index (χ1) is 12.4. The van der Waals surface area contributed by atoms with Crippen LogP contribution in [0.25, 0.3) is 0 Å². The number of hydrogen-bond acceptors (Lipinski definition) is 3. The summed E-state index contributed by atoms with van der Waals surface area (Å²) in [5.41, 5.74) is 1.42. The van der Waals surface area contributed by atoms with Crippen LogP contribution in [0.3, 0.4) is 0 Å². The summed E-state index contributed by atoms with van der Waals surface area (Å²) >= 11 is 0. The van der Waals surface area contributed by atoms with Gasteiger partial charge in [0.25, 0.3) is 0 Å². The van der Waals surface area contributed by atoms with Crippen LogP contribution >= 0.6 is 0 Å². The zero-order valence-electron chi connectivity index (χ0n) is 15.2. The smallest absolute Gasteiger partial charge is 0.191 e. The Hall–Kier alpha value is -1.59. The molecule has 1 aliphatic heterocycles. The van der Waals surface area contributed by atoms with Gasteiger partial charge in [0.15, 0.2) is 5.96 Å². The lowest BCUT2D eigenvalue weighted by atomic mass is 10.1. The molecule has 3 unspecified atom stereocenters. The number of nitrogens with zero attached hydrogens (tertiary/aromatic N) is 1. The van der Waals surface area contributed by atoms with Crippen molar-refractivity contribution >= 4 is 5.96 Å². The van der Waals surface area contributed by atoms with Gasteiger partial charge in [0, 0.05) is 38.3 Å². The minimum atomic E-state index is 0.312. The molecule has 2 N–H and O–H groups in total. The number of benzene rings is 1.